The summed E-state index contributed by atoms with van der Waals surface area (Å²) in [7, 11) is 1.74. The van der Waals surface area contributed by atoms with Gasteiger partial charge in [0.25, 0.3) is 5.91 Å². The molecule has 0 aliphatic rings. The molecule has 1 atom stereocenters. The molecule has 0 saturated heterocycles. The fourth-order valence-corrected chi connectivity index (χ4v) is 2.14. The van der Waals surface area contributed by atoms with Gasteiger partial charge in [-0.2, -0.15) is 0 Å². The van der Waals surface area contributed by atoms with E-state index in [1.807, 2.05) is 13.8 Å². The minimum atomic E-state index is -0.624. The van der Waals surface area contributed by atoms with Crippen molar-refractivity contribution in [3.8, 4) is 5.75 Å². The van der Waals surface area contributed by atoms with Crippen molar-refractivity contribution in [1.29, 1.82) is 0 Å². The lowest BCUT2D eigenvalue weighted by Gasteiger charge is -2.30. The van der Waals surface area contributed by atoms with Gasteiger partial charge >= 0.3 is 0 Å². The van der Waals surface area contributed by atoms with E-state index in [0.29, 0.717) is 24.4 Å². The van der Waals surface area contributed by atoms with Crippen LogP contribution < -0.4 is 10.5 Å². The van der Waals surface area contributed by atoms with Gasteiger partial charge in [0.05, 0.1) is 0 Å². The fraction of sp³-hybridized carbons (Fsp3) is 0.529. The first-order valence-electron chi connectivity index (χ1n) is 7.39. The summed E-state index contributed by atoms with van der Waals surface area (Å²) in [6.45, 7) is 8.28. The molecule has 0 heterocycles. The van der Waals surface area contributed by atoms with Crippen LogP contribution in [0.2, 0.25) is 0 Å². The first-order chi connectivity index (χ1) is 10.2. The van der Waals surface area contributed by atoms with Crippen molar-refractivity contribution < 1.29 is 14.3 Å². The number of hydrogen-bond acceptors (Lipinski definition) is 4. The summed E-state index contributed by atoms with van der Waals surface area (Å²) in [5, 5.41) is 0. The average molecular weight is 306 g/mol. The summed E-state index contributed by atoms with van der Waals surface area (Å²) in [6.07, 6.45) is -0.624. The zero-order chi connectivity index (χ0) is 16.9. The van der Waals surface area contributed by atoms with Crippen molar-refractivity contribution in [2.24, 2.45) is 11.1 Å². The molecule has 0 spiro atoms. The van der Waals surface area contributed by atoms with Crippen molar-refractivity contribution in [3.05, 3.63) is 29.8 Å². The molecule has 0 radical (unpaired) electrons. The fourth-order valence-electron chi connectivity index (χ4n) is 2.14. The third-order valence-corrected chi connectivity index (χ3v) is 3.50. The molecular formula is C17H26N2O3. The summed E-state index contributed by atoms with van der Waals surface area (Å²) >= 11 is 0. The molecule has 0 aliphatic carbocycles. The smallest absolute Gasteiger partial charge is 0.263 e. The Morgan fingerprint density at radius 3 is 2.55 bits per heavy atom. The summed E-state index contributed by atoms with van der Waals surface area (Å²) in [5.74, 6) is 0.362. The molecule has 0 aromatic heterocycles. The number of likely N-dealkylation sites (N-methyl/N-ethyl adjacent to an activating group) is 1. The van der Waals surface area contributed by atoms with Gasteiger partial charge in [0.15, 0.2) is 11.9 Å². The maximum Gasteiger partial charge on any atom is 0.263 e. The van der Waals surface area contributed by atoms with Crippen LogP contribution in [0.4, 0.5) is 0 Å². The van der Waals surface area contributed by atoms with E-state index < -0.39 is 6.10 Å². The first-order valence-corrected chi connectivity index (χ1v) is 7.39. The van der Waals surface area contributed by atoms with E-state index in [1.165, 1.54) is 6.92 Å². The minimum absolute atomic E-state index is 0.0359. The highest BCUT2D eigenvalue weighted by Gasteiger charge is 2.25. The van der Waals surface area contributed by atoms with E-state index in [-0.39, 0.29) is 17.1 Å². The maximum atomic E-state index is 12.4. The number of ketones is 1. The molecule has 22 heavy (non-hydrogen) atoms. The van der Waals surface area contributed by atoms with Crippen LogP contribution in [0.25, 0.3) is 0 Å². The molecule has 0 saturated carbocycles. The van der Waals surface area contributed by atoms with Gasteiger partial charge in [-0.1, -0.05) is 26.0 Å². The van der Waals surface area contributed by atoms with Gasteiger partial charge in [0.2, 0.25) is 0 Å². The van der Waals surface area contributed by atoms with Gasteiger partial charge in [0.1, 0.15) is 5.75 Å². The summed E-state index contributed by atoms with van der Waals surface area (Å²) < 4.78 is 5.66. The Labute approximate surface area is 132 Å². The Kier molecular flexibility index (Phi) is 6.11. The van der Waals surface area contributed by atoms with Crippen LogP contribution in [0.3, 0.4) is 0 Å². The standard InChI is InChI=1S/C17H26N2O3/c1-12(20)14-7-6-8-15(9-14)22-13(2)16(21)19(5)11-17(3,4)10-18/h6-9,13H,10-11,18H2,1-5H3. The molecule has 1 aromatic carbocycles. The SMILES string of the molecule is CC(=O)c1cccc(OC(C)C(=O)N(C)CC(C)(C)CN)c1. The number of nitrogens with zero attached hydrogens (tertiary/aromatic N) is 1. The van der Waals surface area contributed by atoms with Gasteiger partial charge in [-0.05, 0) is 37.9 Å². The summed E-state index contributed by atoms with van der Waals surface area (Å²) in [4.78, 5) is 25.4. The van der Waals surface area contributed by atoms with E-state index in [0.717, 1.165) is 0 Å². The third-order valence-electron chi connectivity index (χ3n) is 3.50. The second-order valence-corrected chi connectivity index (χ2v) is 6.41. The molecule has 0 aliphatic heterocycles. The second-order valence-electron chi connectivity index (χ2n) is 6.41. The number of carbonyl (C=O) groups is 2. The van der Waals surface area contributed by atoms with Crippen LogP contribution in [-0.2, 0) is 4.79 Å². The lowest BCUT2D eigenvalue weighted by molar-refractivity contribution is -0.137. The van der Waals surface area contributed by atoms with Gasteiger partial charge in [-0.25, -0.2) is 0 Å². The van der Waals surface area contributed by atoms with Crippen LogP contribution in [0.1, 0.15) is 38.1 Å². The van der Waals surface area contributed by atoms with Crippen molar-refractivity contribution >= 4 is 11.7 Å². The third kappa shape index (κ3) is 5.15. The second kappa shape index (κ2) is 7.40. The predicted octanol–water partition coefficient (Wildman–Crippen LogP) is 2.10. The highest BCUT2D eigenvalue weighted by atomic mass is 16.5. The predicted molar refractivity (Wildman–Crippen MR) is 87.0 cm³/mol. The number of nitrogens with two attached hydrogens (primary N) is 1. The van der Waals surface area contributed by atoms with Crippen molar-refractivity contribution in [2.75, 3.05) is 20.1 Å². The summed E-state index contributed by atoms with van der Waals surface area (Å²) in [5.41, 5.74) is 6.12. The van der Waals surface area contributed by atoms with E-state index in [2.05, 4.69) is 0 Å². The van der Waals surface area contributed by atoms with Crippen LogP contribution >= 0.6 is 0 Å². The Hall–Kier alpha value is -1.88. The van der Waals surface area contributed by atoms with Crippen LogP contribution in [0.5, 0.6) is 5.75 Å². The molecule has 1 aromatic rings. The van der Waals surface area contributed by atoms with Crippen LogP contribution in [-0.4, -0.2) is 42.8 Å². The lowest BCUT2D eigenvalue weighted by atomic mass is 9.93. The number of amides is 1. The van der Waals surface area contributed by atoms with Gasteiger partial charge < -0.3 is 15.4 Å². The van der Waals surface area contributed by atoms with E-state index in [9.17, 15) is 9.59 Å². The highest BCUT2D eigenvalue weighted by Crippen LogP contribution is 2.18. The zero-order valence-electron chi connectivity index (χ0n) is 14.1. The monoisotopic (exact) mass is 306 g/mol. The molecular weight excluding hydrogens is 280 g/mol. The molecule has 0 fully saturated rings. The number of Topliss-reactive ketones (excluding diaryl/α,β-unsaturated/α-hetero) is 1. The minimum Gasteiger partial charge on any atom is -0.481 e. The molecule has 0 bridgehead atoms. The molecule has 1 unspecified atom stereocenters. The Balaban J connectivity index is 2.72. The Morgan fingerprint density at radius 2 is 2.00 bits per heavy atom. The molecule has 5 nitrogen and oxygen atoms in total. The number of hydrogen-bond donors (Lipinski definition) is 1. The van der Waals surface area contributed by atoms with E-state index in [1.54, 1.807) is 43.1 Å². The topological polar surface area (TPSA) is 72.6 Å². The Bertz CT molecular complexity index is 540. The average Bonchev–Trinajstić information content (AvgIpc) is 2.46. The first kappa shape index (κ1) is 18.2. The van der Waals surface area contributed by atoms with Crippen LogP contribution in [0, 0.1) is 5.41 Å². The molecule has 1 amide bonds. The number of carbonyl (C=O) groups excluding carboxylic acids is 2. The van der Waals surface area contributed by atoms with Crippen molar-refractivity contribution in [2.45, 2.75) is 33.8 Å². The van der Waals surface area contributed by atoms with Gasteiger partial charge in [-0.3, -0.25) is 9.59 Å². The Morgan fingerprint density at radius 1 is 1.36 bits per heavy atom. The highest BCUT2D eigenvalue weighted by molar-refractivity contribution is 5.94. The van der Waals surface area contributed by atoms with Crippen molar-refractivity contribution in [1.82, 2.24) is 4.90 Å². The quantitative estimate of drug-likeness (QED) is 0.783. The number of benzene rings is 1. The molecule has 1 rings (SSSR count). The molecule has 5 heteroatoms. The van der Waals surface area contributed by atoms with E-state index >= 15 is 0 Å². The number of rotatable bonds is 7. The maximum absolute atomic E-state index is 12.4. The van der Waals surface area contributed by atoms with Gasteiger partial charge in [-0.15, -0.1) is 0 Å². The van der Waals surface area contributed by atoms with E-state index in [4.69, 9.17) is 10.5 Å². The normalized spacial score (nSPS) is 12.6. The zero-order valence-corrected chi connectivity index (χ0v) is 14.1. The number of ether oxygens (including phenoxy) is 1. The van der Waals surface area contributed by atoms with Crippen molar-refractivity contribution in [3.63, 3.8) is 0 Å². The largest absolute Gasteiger partial charge is 0.481 e. The van der Waals surface area contributed by atoms with Gasteiger partial charge in [0, 0.05) is 19.2 Å². The van der Waals surface area contributed by atoms with Crippen LogP contribution in [0.15, 0.2) is 24.3 Å². The lowest BCUT2D eigenvalue weighted by Crippen LogP contribution is -2.44. The molecule has 2 N–H and O–H groups in total. The molecule has 122 valence electrons. The summed E-state index contributed by atoms with van der Waals surface area (Å²) in [6, 6.07) is 6.85.